The van der Waals surface area contributed by atoms with Gasteiger partial charge in [0.1, 0.15) is 37.9 Å². The zero-order valence-corrected chi connectivity index (χ0v) is 16.4. The fraction of sp³-hybridized carbons (Fsp3) is 0.300. The normalized spacial score (nSPS) is 15.5. The Morgan fingerprint density at radius 1 is 1.19 bits per heavy atom. The van der Waals surface area contributed by atoms with Gasteiger partial charge in [0.15, 0.2) is 0 Å². The summed E-state index contributed by atoms with van der Waals surface area (Å²) in [7, 11) is 0. The number of piperazine rings is 1. The molecule has 1 fully saturated rings. The van der Waals surface area contributed by atoms with Crippen molar-refractivity contribution >= 4 is 40.1 Å². The molecule has 4 nitrogen and oxygen atoms in total. The van der Waals surface area contributed by atoms with Gasteiger partial charge in [0.25, 0.3) is 5.82 Å². The van der Waals surface area contributed by atoms with E-state index in [4.69, 9.17) is 11.6 Å². The van der Waals surface area contributed by atoms with Crippen molar-refractivity contribution in [3.63, 3.8) is 0 Å². The van der Waals surface area contributed by atoms with E-state index in [9.17, 15) is 0 Å². The second-order valence-corrected chi connectivity index (χ2v) is 7.90. The minimum atomic E-state index is 0.641. The summed E-state index contributed by atoms with van der Waals surface area (Å²) in [5, 5.41) is 1.81. The van der Waals surface area contributed by atoms with Crippen molar-refractivity contribution in [3.8, 4) is 0 Å². The lowest BCUT2D eigenvalue weighted by atomic mass is 10.1. The highest BCUT2D eigenvalue weighted by atomic mass is 35.5. The number of aromatic amines is 1. The number of anilines is 1. The van der Waals surface area contributed by atoms with E-state index in [1.807, 2.05) is 12.3 Å². The van der Waals surface area contributed by atoms with Crippen molar-refractivity contribution in [1.82, 2.24) is 4.98 Å². The maximum absolute atomic E-state index is 6.50. The van der Waals surface area contributed by atoms with Gasteiger partial charge in [-0.15, -0.1) is 11.8 Å². The summed E-state index contributed by atoms with van der Waals surface area (Å²) in [4.78, 5) is 13.1. The largest absolute Gasteiger partial charge is 0.325 e. The van der Waals surface area contributed by atoms with Crippen LogP contribution in [-0.4, -0.2) is 37.4 Å². The molecule has 1 aliphatic heterocycles. The fourth-order valence-corrected chi connectivity index (χ4v) is 4.15. The molecule has 0 saturated carbocycles. The Balaban J connectivity index is 1.45. The Hall–Kier alpha value is -1.82. The number of aromatic nitrogens is 2. The van der Waals surface area contributed by atoms with Crippen molar-refractivity contribution in [1.29, 1.82) is 0 Å². The second kappa shape index (κ2) is 7.82. The molecule has 6 heteroatoms. The molecule has 0 atom stereocenters. The Kier molecular flexibility index (Phi) is 5.29. The van der Waals surface area contributed by atoms with Gasteiger partial charge in [0, 0.05) is 21.9 Å². The van der Waals surface area contributed by atoms with E-state index >= 15 is 0 Å². The zero-order chi connectivity index (χ0) is 17.9. The van der Waals surface area contributed by atoms with Gasteiger partial charge in [-0.25, -0.2) is 9.97 Å². The van der Waals surface area contributed by atoms with Crippen LogP contribution in [0.1, 0.15) is 5.56 Å². The first-order valence-corrected chi connectivity index (χ1v) is 10.5. The van der Waals surface area contributed by atoms with Gasteiger partial charge in [-0.05, 0) is 30.5 Å². The van der Waals surface area contributed by atoms with Crippen LogP contribution >= 0.6 is 23.4 Å². The molecule has 0 amide bonds. The molecule has 134 valence electrons. The van der Waals surface area contributed by atoms with Crippen molar-refractivity contribution in [2.45, 2.75) is 11.4 Å². The monoisotopic (exact) mass is 386 g/mol. The van der Waals surface area contributed by atoms with Crippen molar-refractivity contribution in [3.05, 3.63) is 59.4 Å². The van der Waals surface area contributed by atoms with Crippen molar-refractivity contribution in [2.75, 3.05) is 37.3 Å². The number of nitrogens with one attached hydrogen (secondary N) is 2. The molecular formula is C20H23ClN4S+2. The van der Waals surface area contributed by atoms with E-state index in [2.05, 4.69) is 57.5 Å². The van der Waals surface area contributed by atoms with Crippen LogP contribution < -0.4 is 14.8 Å². The van der Waals surface area contributed by atoms with Crippen LogP contribution in [0, 0.1) is 0 Å². The van der Waals surface area contributed by atoms with Gasteiger partial charge in [-0.3, -0.25) is 4.90 Å². The molecule has 26 heavy (non-hydrogen) atoms. The number of quaternary nitrogens is 1. The smallest absolute Gasteiger partial charge is 0.274 e. The number of thioether (sulfide) groups is 1. The Morgan fingerprint density at radius 2 is 2.04 bits per heavy atom. The minimum absolute atomic E-state index is 0.641. The Bertz CT molecular complexity index is 895. The number of pyridine rings is 2. The van der Waals surface area contributed by atoms with Crippen LogP contribution in [-0.2, 0) is 6.54 Å². The number of fused-ring (bicyclic) bond motifs is 1. The molecule has 2 aromatic heterocycles. The highest BCUT2D eigenvalue weighted by Gasteiger charge is 2.26. The fourth-order valence-electron chi connectivity index (χ4n) is 3.51. The van der Waals surface area contributed by atoms with Gasteiger partial charge in [0.05, 0.1) is 11.7 Å². The number of rotatable bonds is 4. The standard InChI is InChI=1S/C20H21ClN4S/c1-26-17-6-5-15-12-16(20(21)23-18(15)13-17)14-24-8-10-25(11-9-24)19-4-2-3-7-22-19/h2-7,12-13H,8-11,14H2,1H3/p+2. The van der Waals surface area contributed by atoms with Gasteiger partial charge in [-0.1, -0.05) is 23.7 Å². The average Bonchev–Trinajstić information content (AvgIpc) is 2.69. The lowest BCUT2D eigenvalue weighted by Crippen LogP contribution is -3.13. The maximum atomic E-state index is 6.50. The van der Waals surface area contributed by atoms with Gasteiger partial charge >= 0.3 is 0 Å². The molecule has 0 spiro atoms. The van der Waals surface area contributed by atoms with Crippen LogP contribution in [0.4, 0.5) is 5.82 Å². The number of nitrogens with zero attached hydrogens (tertiary/aromatic N) is 2. The third-order valence-electron chi connectivity index (χ3n) is 5.00. The first-order valence-electron chi connectivity index (χ1n) is 8.91. The topological polar surface area (TPSA) is 34.7 Å². The third-order valence-corrected chi connectivity index (χ3v) is 6.05. The van der Waals surface area contributed by atoms with Gasteiger partial charge in [0.2, 0.25) is 0 Å². The lowest BCUT2D eigenvalue weighted by molar-refractivity contribution is -0.914. The number of H-pyrrole nitrogens is 1. The van der Waals surface area contributed by atoms with E-state index in [-0.39, 0.29) is 0 Å². The summed E-state index contributed by atoms with van der Waals surface area (Å²) >= 11 is 8.22. The summed E-state index contributed by atoms with van der Waals surface area (Å²) in [6, 6.07) is 14.8. The molecule has 1 aliphatic rings. The molecule has 3 aromatic rings. The Labute approximate surface area is 163 Å². The predicted octanol–water partition coefficient (Wildman–Crippen LogP) is 2.33. The quantitative estimate of drug-likeness (QED) is 0.552. The number of hydrogen-bond acceptors (Lipinski definition) is 3. The minimum Gasteiger partial charge on any atom is -0.325 e. The molecule has 0 radical (unpaired) electrons. The second-order valence-electron chi connectivity index (χ2n) is 6.66. The molecule has 0 aliphatic carbocycles. The van der Waals surface area contributed by atoms with Gasteiger partial charge < -0.3 is 4.90 Å². The molecule has 4 rings (SSSR count). The van der Waals surface area contributed by atoms with E-state index in [1.54, 1.807) is 16.7 Å². The van der Waals surface area contributed by atoms with E-state index in [0.717, 1.165) is 43.8 Å². The van der Waals surface area contributed by atoms with Crippen LogP contribution in [0.2, 0.25) is 5.15 Å². The summed E-state index contributed by atoms with van der Waals surface area (Å²) in [6.45, 7) is 5.22. The first kappa shape index (κ1) is 17.6. The van der Waals surface area contributed by atoms with Gasteiger partial charge in [-0.2, -0.15) is 0 Å². The number of hydrogen-bond donors (Lipinski definition) is 1. The van der Waals surface area contributed by atoms with E-state index < -0.39 is 0 Å². The first-order chi connectivity index (χ1) is 12.7. The SMILES string of the molecule is CSc1ccc2cc(C[NH+]3CCN(c4cccc[nH+]4)CC3)c(Cl)nc2c1. The Morgan fingerprint density at radius 3 is 2.77 bits per heavy atom. The molecule has 0 bridgehead atoms. The molecule has 1 aromatic carbocycles. The summed E-state index contributed by atoms with van der Waals surface area (Å²) in [5.74, 6) is 1.20. The van der Waals surface area contributed by atoms with Crippen molar-refractivity contribution in [2.24, 2.45) is 0 Å². The van der Waals surface area contributed by atoms with E-state index in [0.29, 0.717) is 5.15 Å². The van der Waals surface area contributed by atoms with Crippen LogP contribution in [0.15, 0.2) is 53.6 Å². The number of halogens is 1. The number of benzene rings is 1. The average molecular weight is 387 g/mol. The summed E-state index contributed by atoms with van der Waals surface area (Å²) < 4.78 is 0. The maximum Gasteiger partial charge on any atom is 0.274 e. The molecule has 3 heterocycles. The van der Waals surface area contributed by atoms with Crippen LogP contribution in [0.3, 0.4) is 0 Å². The summed E-state index contributed by atoms with van der Waals surface area (Å²) in [6.07, 6.45) is 4.06. The highest BCUT2D eigenvalue weighted by molar-refractivity contribution is 7.98. The molecular weight excluding hydrogens is 364 g/mol. The molecule has 2 N–H and O–H groups in total. The lowest BCUT2D eigenvalue weighted by Gasteiger charge is -2.28. The van der Waals surface area contributed by atoms with Crippen LogP contribution in [0.5, 0.6) is 0 Å². The molecule has 1 saturated heterocycles. The van der Waals surface area contributed by atoms with Crippen molar-refractivity contribution < 1.29 is 9.88 Å². The van der Waals surface area contributed by atoms with E-state index in [1.165, 1.54) is 16.1 Å². The zero-order valence-electron chi connectivity index (χ0n) is 14.8. The third kappa shape index (κ3) is 3.80. The summed E-state index contributed by atoms with van der Waals surface area (Å²) in [5.41, 5.74) is 2.12. The molecule has 0 unspecified atom stereocenters. The van der Waals surface area contributed by atoms with Crippen LogP contribution in [0.25, 0.3) is 10.9 Å². The highest BCUT2D eigenvalue weighted by Crippen LogP contribution is 2.24. The predicted molar refractivity (Wildman–Crippen MR) is 108 cm³/mol.